The zero-order chi connectivity index (χ0) is 23.4. The smallest absolute Gasteiger partial charge is 0.335 e. The van der Waals surface area contributed by atoms with Crippen LogP contribution in [-0.4, -0.2) is 43.4 Å². The molecule has 5 nitrogen and oxygen atoms in total. The molecule has 0 aliphatic carbocycles. The fraction of sp³-hybridized carbons (Fsp3) is 0.296. The molecule has 1 N–H and O–H groups in total. The van der Waals surface area contributed by atoms with Gasteiger partial charge in [-0.2, -0.15) is 5.06 Å². The average Bonchev–Trinajstić information content (AvgIpc) is 2.85. The van der Waals surface area contributed by atoms with Gasteiger partial charge in [0.1, 0.15) is 0 Å². The van der Waals surface area contributed by atoms with E-state index in [9.17, 15) is 4.79 Å². The van der Waals surface area contributed by atoms with Gasteiger partial charge in [0.05, 0.1) is 18.7 Å². The van der Waals surface area contributed by atoms with E-state index < -0.39 is 5.97 Å². The van der Waals surface area contributed by atoms with Gasteiger partial charge in [0.15, 0.2) is 0 Å². The molecule has 1 saturated heterocycles. The lowest BCUT2D eigenvalue weighted by atomic mass is 9.82. The van der Waals surface area contributed by atoms with Crippen molar-refractivity contribution in [2.45, 2.75) is 18.9 Å². The summed E-state index contributed by atoms with van der Waals surface area (Å²) < 4.78 is 0. The molecule has 1 aliphatic rings. The van der Waals surface area contributed by atoms with Gasteiger partial charge in [-0.1, -0.05) is 48.0 Å². The van der Waals surface area contributed by atoms with Gasteiger partial charge in [0, 0.05) is 30.8 Å². The molecule has 33 heavy (non-hydrogen) atoms. The molecule has 3 aromatic rings. The minimum absolute atomic E-state index is 0.110. The predicted octanol–water partition coefficient (Wildman–Crippen LogP) is 6.16. The minimum atomic E-state index is -0.898. The number of aromatic carboxylic acids is 1. The number of benzene rings is 3. The highest BCUT2D eigenvalue weighted by Gasteiger charge is 2.32. The highest BCUT2D eigenvalue weighted by atomic mass is 35.5. The highest BCUT2D eigenvalue weighted by molar-refractivity contribution is 6.30. The molecule has 0 bridgehead atoms. The number of carbonyl (C=O) groups is 1. The lowest BCUT2D eigenvalue weighted by molar-refractivity contribution is -0.158. The number of carboxylic acid groups (broad SMARTS) is 1. The van der Waals surface area contributed by atoms with Gasteiger partial charge in [0.2, 0.25) is 0 Å². The van der Waals surface area contributed by atoms with E-state index in [1.165, 1.54) is 11.1 Å². The summed E-state index contributed by atoms with van der Waals surface area (Å²) in [6.45, 7) is 1.82. The normalized spacial score (nSPS) is 15.6. The molecule has 0 unspecified atom stereocenters. The Morgan fingerprint density at radius 3 is 2.27 bits per heavy atom. The minimum Gasteiger partial charge on any atom is -0.478 e. The van der Waals surface area contributed by atoms with Crippen LogP contribution in [0.1, 0.15) is 34.8 Å². The topological polar surface area (TPSA) is 53.0 Å². The van der Waals surface area contributed by atoms with Crippen molar-refractivity contribution in [1.82, 2.24) is 5.06 Å². The molecule has 172 valence electrons. The first-order valence-electron chi connectivity index (χ1n) is 11.2. The molecule has 1 aliphatic heterocycles. The monoisotopic (exact) mass is 464 g/mol. The third-order valence-electron chi connectivity index (χ3n) is 6.58. The Balaban J connectivity index is 1.56. The van der Waals surface area contributed by atoms with Crippen LogP contribution in [0, 0.1) is 5.92 Å². The molecule has 1 heterocycles. The van der Waals surface area contributed by atoms with Gasteiger partial charge in [-0.3, -0.25) is 0 Å². The third kappa shape index (κ3) is 5.22. The second kappa shape index (κ2) is 10.4. The number of rotatable bonds is 7. The van der Waals surface area contributed by atoms with Crippen molar-refractivity contribution >= 4 is 23.3 Å². The summed E-state index contributed by atoms with van der Waals surface area (Å²) in [5, 5.41) is 11.8. The Kier molecular flexibility index (Phi) is 7.33. The quantitative estimate of drug-likeness (QED) is 0.424. The number of piperidine rings is 1. The number of carboxylic acids is 1. The van der Waals surface area contributed by atoms with Crippen LogP contribution in [0.25, 0.3) is 11.1 Å². The van der Waals surface area contributed by atoms with Gasteiger partial charge >= 0.3 is 5.97 Å². The lowest BCUT2D eigenvalue weighted by Gasteiger charge is -2.40. The van der Waals surface area contributed by atoms with Gasteiger partial charge in [0.25, 0.3) is 0 Å². The van der Waals surface area contributed by atoms with Crippen molar-refractivity contribution in [3.63, 3.8) is 0 Å². The van der Waals surface area contributed by atoms with E-state index in [4.69, 9.17) is 21.5 Å². The Morgan fingerprint density at radius 1 is 1.03 bits per heavy atom. The Morgan fingerprint density at radius 2 is 1.67 bits per heavy atom. The summed E-state index contributed by atoms with van der Waals surface area (Å²) in [5.41, 5.74) is 4.95. The van der Waals surface area contributed by atoms with Gasteiger partial charge in [-0.05, 0) is 71.8 Å². The van der Waals surface area contributed by atoms with Crippen LogP contribution in [-0.2, 0) is 4.84 Å². The lowest BCUT2D eigenvalue weighted by Crippen LogP contribution is -2.39. The van der Waals surface area contributed by atoms with Crippen LogP contribution in [0.3, 0.4) is 0 Å². The van der Waals surface area contributed by atoms with Crippen molar-refractivity contribution in [3.8, 4) is 11.1 Å². The molecular weight excluding hydrogens is 436 g/mol. The predicted molar refractivity (Wildman–Crippen MR) is 133 cm³/mol. The molecular formula is C27H29ClN2O3. The zero-order valence-corrected chi connectivity index (χ0v) is 19.7. The van der Waals surface area contributed by atoms with Crippen LogP contribution in [0.4, 0.5) is 5.69 Å². The molecule has 0 aromatic heterocycles. The Hall–Kier alpha value is -2.86. The molecule has 3 aromatic carbocycles. The van der Waals surface area contributed by atoms with Crippen LogP contribution in [0.5, 0.6) is 0 Å². The van der Waals surface area contributed by atoms with Crippen molar-refractivity contribution in [2.24, 2.45) is 5.92 Å². The molecule has 6 heteroatoms. The maximum atomic E-state index is 11.1. The van der Waals surface area contributed by atoms with Crippen LogP contribution in [0.2, 0.25) is 5.02 Å². The fourth-order valence-electron chi connectivity index (χ4n) is 4.80. The summed E-state index contributed by atoms with van der Waals surface area (Å²) in [4.78, 5) is 19.2. The first-order valence-corrected chi connectivity index (χ1v) is 11.6. The number of halogens is 1. The number of nitrogens with zero attached hydrogens (tertiary/aromatic N) is 2. The van der Waals surface area contributed by atoms with Crippen molar-refractivity contribution in [2.75, 3.05) is 32.1 Å². The van der Waals surface area contributed by atoms with E-state index in [1.54, 1.807) is 19.2 Å². The maximum Gasteiger partial charge on any atom is 0.335 e. The largest absolute Gasteiger partial charge is 0.478 e. The fourth-order valence-corrected chi connectivity index (χ4v) is 4.92. The second-order valence-electron chi connectivity index (χ2n) is 8.44. The van der Waals surface area contributed by atoms with Crippen molar-refractivity contribution in [1.29, 1.82) is 0 Å². The van der Waals surface area contributed by atoms with E-state index in [1.807, 2.05) is 36.4 Å². The molecule has 0 amide bonds. The van der Waals surface area contributed by atoms with E-state index in [0.717, 1.165) is 42.2 Å². The van der Waals surface area contributed by atoms with E-state index in [2.05, 4.69) is 41.3 Å². The van der Waals surface area contributed by atoms with Gasteiger partial charge < -0.3 is 14.8 Å². The van der Waals surface area contributed by atoms with E-state index >= 15 is 0 Å². The molecule has 0 saturated carbocycles. The van der Waals surface area contributed by atoms with Gasteiger partial charge in [-0.25, -0.2) is 4.79 Å². The van der Waals surface area contributed by atoms with Crippen molar-refractivity contribution < 1.29 is 14.7 Å². The number of hydrogen-bond donors (Lipinski definition) is 1. The maximum absolute atomic E-state index is 11.1. The molecule has 4 rings (SSSR count). The SMILES string of the molecule is CON(C)[C@@H](c1ccccc1-c1ccc(Cl)cc1)C1CCN(c2ccc(C(=O)O)cc2)CC1. The summed E-state index contributed by atoms with van der Waals surface area (Å²) in [6.07, 6.45) is 2.02. The van der Waals surface area contributed by atoms with Crippen LogP contribution < -0.4 is 4.90 Å². The van der Waals surface area contributed by atoms with Crippen LogP contribution in [0.15, 0.2) is 72.8 Å². The standard InChI is InChI=1S/C27H29ClN2O3/c1-29(33-2)26(25-6-4-3-5-24(25)19-7-11-22(28)12-8-19)20-15-17-30(18-16-20)23-13-9-21(10-14-23)27(31)32/h3-14,20,26H,15-18H2,1-2H3,(H,31,32)/t26-/m1/s1. The molecule has 1 atom stereocenters. The summed E-state index contributed by atoms with van der Waals surface area (Å²) in [7, 11) is 3.72. The number of hydrogen-bond acceptors (Lipinski definition) is 4. The molecule has 0 spiro atoms. The highest BCUT2D eigenvalue weighted by Crippen LogP contribution is 2.40. The van der Waals surface area contributed by atoms with Crippen molar-refractivity contribution in [3.05, 3.63) is 88.9 Å². The van der Waals surface area contributed by atoms with Gasteiger partial charge in [-0.15, -0.1) is 0 Å². The Labute approximate surface area is 200 Å². The number of hydroxylamine groups is 2. The number of anilines is 1. The summed E-state index contributed by atoms with van der Waals surface area (Å²) >= 11 is 6.12. The zero-order valence-electron chi connectivity index (χ0n) is 18.9. The first kappa shape index (κ1) is 23.3. The van der Waals surface area contributed by atoms with E-state index in [-0.39, 0.29) is 6.04 Å². The first-order chi connectivity index (χ1) is 16.0. The molecule has 0 radical (unpaired) electrons. The second-order valence-corrected chi connectivity index (χ2v) is 8.88. The third-order valence-corrected chi connectivity index (χ3v) is 6.83. The van der Waals surface area contributed by atoms with Crippen LogP contribution >= 0.6 is 11.6 Å². The Bertz CT molecular complexity index is 1080. The molecule has 1 fully saturated rings. The average molecular weight is 465 g/mol. The summed E-state index contributed by atoms with van der Waals surface area (Å²) in [6, 6.07) is 23.8. The van der Waals surface area contributed by atoms with E-state index in [0.29, 0.717) is 11.5 Å². The summed E-state index contributed by atoms with van der Waals surface area (Å²) in [5.74, 6) is -0.483.